The molecule has 11 nitrogen and oxygen atoms in total. The van der Waals surface area contributed by atoms with E-state index in [0.717, 1.165) is 51.1 Å². The molecule has 2 unspecified atom stereocenters. The molecule has 2 aliphatic carbocycles. The van der Waals surface area contributed by atoms with Gasteiger partial charge in [0, 0.05) is 38.5 Å². The first kappa shape index (κ1) is 51.0. The molecule has 2 atom stereocenters. The quantitative estimate of drug-likeness (QED) is 0.137. The van der Waals surface area contributed by atoms with Crippen molar-refractivity contribution >= 4 is 35.2 Å². The van der Waals surface area contributed by atoms with Crippen molar-refractivity contribution in [2.75, 3.05) is 26.2 Å². The van der Waals surface area contributed by atoms with Gasteiger partial charge in [0.05, 0.1) is 6.04 Å². The van der Waals surface area contributed by atoms with Crippen LogP contribution in [-0.4, -0.2) is 83.5 Å². The number of carbonyl (C=O) groups is 4. The minimum absolute atomic E-state index is 0.135. The van der Waals surface area contributed by atoms with Crippen LogP contribution in [0, 0.1) is 11.8 Å². The van der Waals surface area contributed by atoms with E-state index in [1.165, 1.54) is 52.7 Å². The average Bonchev–Trinajstić information content (AvgIpc) is 3.76. The van der Waals surface area contributed by atoms with Gasteiger partial charge in [0.15, 0.2) is 0 Å². The molecule has 0 spiro atoms. The van der Waals surface area contributed by atoms with Gasteiger partial charge in [-0.05, 0) is 169 Å². The summed E-state index contributed by atoms with van der Waals surface area (Å²) in [5.74, 6) is 0.731. The van der Waals surface area contributed by atoms with E-state index in [4.69, 9.17) is 14.6 Å². The molecule has 2 heterocycles. The van der Waals surface area contributed by atoms with Crippen LogP contribution in [0.15, 0.2) is 59.7 Å². The van der Waals surface area contributed by atoms with E-state index in [1.807, 2.05) is 20.8 Å². The maximum absolute atomic E-state index is 13.1. The summed E-state index contributed by atoms with van der Waals surface area (Å²) in [5, 5.41) is 17.4. The van der Waals surface area contributed by atoms with E-state index in [1.54, 1.807) is 31.9 Å². The second-order valence-electron chi connectivity index (χ2n) is 20.2. The number of nitrogens with one attached hydrogen (secondary N) is 3. The summed E-state index contributed by atoms with van der Waals surface area (Å²) in [6.45, 7) is 22.9. The smallest absolute Gasteiger partial charge is 0.407 e. The van der Waals surface area contributed by atoms with Crippen LogP contribution in [-0.2, 0) is 31.9 Å². The average molecular weight is 871 g/mol. The van der Waals surface area contributed by atoms with Gasteiger partial charge < -0.3 is 35.4 Å². The van der Waals surface area contributed by atoms with Crippen molar-refractivity contribution in [2.45, 2.75) is 170 Å². The summed E-state index contributed by atoms with van der Waals surface area (Å²) >= 11 is 0. The first-order valence-corrected chi connectivity index (χ1v) is 23.5. The number of fused-ring (bicyclic) bond motifs is 4. The third-order valence-electron chi connectivity index (χ3n) is 11.5. The number of rotatable bonds is 14. The van der Waals surface area contributed by atoms with Crippen molar-refractivity contribution in [3.05, 3.63) is 81.9 Å². The molecule has 2 aromatic rings. The van der Waals surface area contributed by atoms with Crippen molar-refractivity contribution in [3.8, 4) is 0 Å². The van der Waals surface area contributed by atoms with Crippen molar-refractivity contribution < 1.29 is 33.8 Å². The standard InChI is InChI=1S/C26H38N2O3.C16H21N.C10H19NO4/c1-18(2)16-23-22-17-19-10-6-7-11-20(19)21(22)13-15-28(23)24(29)12-8-9-14-27-25(30)31-26(3,4)5;1-11(2)9-16-15-10-12-5-3-4-6-13(12)14(15)7-8-17-16;1-10(2,3)15-9(14)11-7-5-4-6-8(12)13/h6-7,10-11,18,23H,8-9,12-17H2,1-5H3,(H,27,30);3-6,11,16-17H,7-10H2,1-2H3;4-7H2,1-3H3,(H,11,14)(H,12,13). The molecule has 4 aliphatic rings. The van der Waals surface area contributed by atoms with E-state index >= 15 is 0 Å². The number of alkyl carbamates (subject to hydrolysis) is 2. The highest BCUT2D eigenvalue weighted by Gasteiger charge is 2.36. The Kier molecular flexibility index (Phi) is 19.3. The minimum Gasteiger partial charge on any atom is -0.481 e. The first-order valence-electron chi connectivity index (χ1n) is 23.5. The molecular formula is C52H78N4O7. The number of carboxylic acid groups (broad SMARTS) is 1. The van der Waals surface area contributed by atoms with Crippen LogP contribution in [0.25, 0.3) is 11.1 Å². The van der Waals surface area contributed by atoms with Crippen molar-refractivity contribution in [3.63, 3.8) is 0 Å². The van der Waals surface area contributed by atoms with Gasteiger partial charge >= 0.3 is 18.2 Å². The van der Waals surface area contributed by atoms with E-state index in [-0.39, 0.29) is 18.4 Å². The number of unbranched alkanes of at least 4 members (excludes halogenated alkanes) is 2. The Morgan fingerprint density at radius 3 is 1.70 bits per heavy atom. The molecule has 0 saturated carbocycles. The zero-order valence-corrected chi connectivity index (χ0v) is 40.1. The van der Waals surface area contributed by atoms with Crippen LogP contribution < -0.4 is 16.0 Å². The molecular weight excluding hydrogens is 793 g/mol. The van der Waals surface area contributed by atoms with Gasteiger partial charge in [-0.3, -0.25) is 9.59 Å². The molecule has 0 saturated heterocycles. The monoisotopic (exact) mass is 871 g/mol. The lowest BCUT2D eigenvalue weighted by molar-refractivity contribution is -0.137. The zero-order chi connectivity index (χ0) is 46.3. The highest BCUT2D eigenvalue weighted by atomic mass is 16.6. The third-order valence-corrected chi connectivity index (χ3v) is 11.5. The summed E-state index contributed by atoms with van der Waals surface area (Å²) in [5.41, 5.74) is 11.1. The zero-order valence-electron chi connectivity index (χ0n) is 40.1. The lowest BCUT2D eigenvalue weighted by Crippen LogP contribution is -2.45. The number of hydrogen-bond donors (Lipinski definition) is 4. The molecule has 4 N–H and O–H groups in total. The predicted octanol–water partition coefficient (Wildman–Crippen LogP) is 10.5. The number of hydrogen-bond acceptors (Lipinski definition) is 7. The number of amides is 3. The Morgan fingerprint density at radius 1 is 0.698 bits per heavy atom. The maximum atomic E-state index is 13.1. The van der Waals surface area contributed by atoms with Gasteiger partial charge in [0.2, 0.25) is 5.91 Å². The van der Waals surface area contributed by atoms with E-state index in [2.05, 4.69) is 97.1 Å². The maximum Gasteiger partial charge on any atom is 0.407 e. The molecule has 0 bridgehead atoms. The number of carbonyl (C=O) groups excluding carboxylic acids is 3. The minimum atomic E-state index is -0.813. The molecule has 2 aliphatic heterocycles. The fraction of sp³-hybridized carbons (Fsp3) is 0.615. The van der Waals surface area contributed by atoms with Crippen LogP contribution in [0.3, 0.4) is 0 Å². The van der Waals surface area contributed by atoms with Gasteiger partial charge in [-0.25, -0.2) is 9.59 Å². The summed E-state index contributed by atoms with van der Waals surface area (Å²) in [6, 6.07) is 18.5. The molecule has 6 rings (SSSR count). The van der Waals surface area contributed by atoms with Crippen LogP contribution in [0.1, 0.15) is 156 Å². The Hall–Kier alpha value is -4.64. The van der Waals surface area contributed by atoms with Crippen LogP contribution in [0.5, 0.6) is 0 Å². The van der Waals surface area contributed by atoms with E-state index in [9.17, 15) is 19.2 Å². The van der Waals surface area contributed by atoms with Crippen LogP contribution in [0.4, 0.5) is 9.59 Å². The molecule has 348 valence electrons. The molecule has 0 radical (unpaired) electrons. The Labute approximate surface area is 378 Å². The van der Waals surface area contributed by atoms with E-state index < -0.39 is 29.4 Å². The first-order chi connectivity index (χ1) is 29.7. The molecule has 3 amide bonds. The topological polar surface area (TPSA) is 146 Å². The largest absolute Gasteiger partial charge is 0.481 e. The number of carboxylic acids is 1. The molecule has 2 aromatic carbocycles. The fourth-order valence-corrected chi connectivity index (χ4v) is 8.89. The van der Waals surface area contributed by atoms with Gasteiger partial charge in [-0.1, -0.05) is 76.2 Å². The summed E-state index contributed by atoms with van der Waals surface area (Å²) in [6.07, 6.45) is 9.15. The number of aliphatic carboxylic acids is 1. The van der Waals surface area contributed by atoms with Crippen LogP contribution in [0.2, 0.25) is 0 Å². The Bertz CT molecular complexity index is 1920. The second-order valence-corrected chi connectivity index (χ2v) is 20.2. The SMILES string of the molecule is CC(C)(C)OC(=O)NCCCCC(=O)O.CC(C)CC1C2=C(CCN1C(=O)CCCCNC(=O)OC(C)(C)C)c1ccccc1C2.CC(C)CC1NCCC2=C1Cc1ccccc12. The van der Waals surface area contributed by atoms with Crippen molar-refractivity contribution in [2.24, 2.45) is 11.8 Å². The van der Waals surface area contributed by atoms with Gasteiger partial charge in [0.1, 0.15) is 11.2 Å². The highest BCUT2D eigenvalue weighted by molar-refractivity contribution is 5.83. The lowest BCUT2D eigenvalue weighted by Gasteiger charge is -2.38. The number of benzene rings is 2. The van der Waals surface area contributed by atoms with Crippen molar-refractivity contribution in [1.29, 1.82) is 0 Å². The highest BCUT2D eigenvalue weighted by Crippen LogP contribution is 2.43. The Balaban J connectivity index is 0.000000229. The molecule has 0 fully saturated rings. The molecule has 0 aromatic heterocycles. The van der Waals surface area contributed by atoms with Gasteiger partial charge in [-0.2, -0.15) is 0 Å². The number of ether oxygens (including phenoxy) is 2. The van der Waals surface area contributed by atoms with Crippen molar-refractivity contribution in [1.82, 2.24) is 20.9 Å². The van der Waals surface area contributed by atoms with Gasteiger partial charge in [0.25, 0.3) is 0 Å². The van der Waals surface area contributed by atoms with Gasteiger partial charge in [-0.15, -0.1) is 0 Å². The van der Waals surface area contributed by atoms with E-state index in [0.29, 0.717) is 44.3 Å². The lowest BCUT2D eigenvalue weighted by atomic mass is 9.87. The third kappa shape index (κ3) is 16.8. The summed E-state index contributed by atoms with van der Waals surface area (Å²) in [4.78, 5) is 48.3. The molecule has 11 heteroatoms. The summed E-state index contributed by atoms with van der Waals surface area (Å²) in [7, 11) is 0. The normalized spacial score (nSPS) is 17.7. The van der Waals surface area contributed by atoms with Crippen LogP contribution >= 0.6 is 0 Å². The fourth-order valence-electron chi connectivity index (χ4n) is 8.89. The molecule has 63 heavy (non-hydrogen) atoms. The second kappa shape index (κ2) is 23.9. The number of nitrogens with zero attached hydrogens (tertiary/aromatic N) is 1. The summed E-state index contributed by atoms with van der Waals surface area (Å²) < 4.78 is 10.2. The predicted molar refractivity (Wildman–Crippen MR) is 253 cm³/mol. The Morgan fingerprint density at radius 2 is 1.19 bits per heavy atom.